The number of nitrogens with two attached hydrogens (primary N) is 1. The van der Waals surface area contributed by atoms with Crippen molar-refractivity contribution in [3.05, 3.63) is 47.8 Å². The van der Waals surface area contributed by atoms with Gasteiger partial charge in [0.05, 0.1) is 18.3 Å². The minimum absolute atomic E-state index is 0.288. The Hall–Kier alpha value is -1.98. The van der Waals surface area contributed by atoms with Gasteiger partial charge in [-0.05, 0) is 17.7 Å². The second-order valence-electron chi connectivity index (χ2n) is 3.67. The summed E-state index contributed by atoms with van der Waals surface area (Å²) in [5, 5.41) is 3.67. The average molecular weight is 241 g/mol. The zero-order valence-corrected chi connectivity index (χ0v) is 8.78. The van der Waals surface area contributed by atoms with Gasteiger partial charge in [-0.15, -0.1) is 0 Å². The van der Waals surface area contributed by atoms with Crippen molar-refractivity contribution in [1.29, 1.82) is 0 Å². The first-order chi connectivity index (χ1) is 7.95. The molecule has 0 unspecified atom stereocenters. The van der Waals surface area contributed by atoms with Crippen molar-refractivity contribution in [1.82, 2.24) is 9.78 Å². The van der Waals surface area contributed by atoms with Gasteiger partial charge in [0.25, 0.3) is 0 Å². The lowest BCUT2D eigenvalue weighted by Gasteiger charge is -2.03. The zero-order valence-electron chi connectivity index (χ0n) is 8.78. The van der Waals surface area contributed by atoms with Gasteiger partial charge in [0.1, 0.15) is 0 Å². The van der Waals surface area contributed by atoms with Gasteiger partial charge in [-0.1, -0.05) is 12.1 Å². The molecule has 0 aliphatic rings. The van der Waals surface area contributed by atoms with Crippen molar-refractivity contribution in [3.63, 3.8) is 0 Å². The van der Waals surface area contributed by atoms with E-state index in [2.05, 4.69) is 5.10 Å². The molecule has 17 heavy (non-hydrogen) atoms. The fourth-order valence-electron chi connectivity index (χ4n) is 1.41. The number of nitrogens with zero attached hydrogens (tertiary/aromatic N) is 2. The lowest BCUT2D eigenvalue weighted by atomic mass is 10.2. The van der Waals surface area contributed by atoms with Crippen molar-refractivity contribution in [2.75, 3.05) is 5.73 Å². The van der Waals surface area contributed by atoms with Gasteiger partial charge in [0, 0.05) is 11.9 Å². The molecule has 0 aliphatic heterocycles. The Morgan fingerprint density at radius 3 is 2.35 bits per heavy atom. The molecule has 2 aromatic rings. The highest BCUT2D eigenvalue weighted by molar-refractivity contribution is 5.39. The molecule has 0 saturated carbocycles. The second kappa shape index (κ2) is 4.12. The lowest BCUT2D eigenvalue weighted by molar-refractivity contribution is -0.137. The van der Waals surface area contributed by atoms with Crippen molar-refractivity contribution >= 4 is 5.69 Å². The van der Waals surface area contributed by atoms with Crippen LogP contribution in [0.5, 0.6) is 0 Å². The summed E-state index contributed by atoms with van der Waals surface area (Å²) in [6.45, 7) is 0.288. The number of aromatic nitrogens is 2. The van der Waals surface area contributed by atoms with Gasteiger partial charge in [-0.3, -0.25) is 4.68 Å². The van der Waals surface area contributed by atoms with Gasteiger partial charge in [-0.25, -0.2) is 0 Å². The maximum atomic E-state index is 12.3. The van der Waals surface area contributed by atoms with E-state index in [0.29, 0.717) is 5.69 Å². The molecular weight excluding hydrogens is 231 g/mol. The van der Waals surface area contributed by atoms with Crippen LogP contribution in [0.4, 0.5) is 18.9 Å². The lowest BCUT2D eigenvalue weighted by Crippen LogP contribution is -2.04. The van der Waals surface area contributed by atoms with Crippen LogP contribution < -0.4 is 5.73 Å². The third-order valence-electron chi connectivity index (χ3n) is 2.28. The number of hydrogen-bond donors (Lipinski definition) is 1. The molecule has 3 nitrogen and oxygen atoms in total. The Kier molecular flexibility index (Phi) is 2.79. The van der Waals surface area contributed by atoms with E-state index in [4.69, 9.17) is 5.73 Å². The molecular formula is C11H10F3N3. The van der Waals surface area contributed by atoms with E-state index < -0.39 is 11.7 Å². The Bertz CT molecular complexity index is 499. The number of alkyl halides is 3. The molecule has 0 atom stereocenters. The van der Waals surface area contributed by atoms with Crippen LogP contribution in [0.1, 0.15) is 11.1 Å². The maximum absolute atomic E-state index is 12.3. The minimum atomic E-state index is -4.35. The highest BCUT2D eigenvalue weighted by Gasteiger charge is 2.32. The first kappa shape index (κ1) is 11.5. The number of halogens is 3. The number of benzene rings is 1. The fourth-order valence-corrected chi connectivity index (χ4v) is 1.41. The Morgan fingerprint density at radius 2 is 1.82 bits per heavy atom. The number of anilines is 1. The topological polar surface area (TPSA) is 43.8 Å². The van der Waals surface area contributed by atoms with Crippen LogP contribution in [0.3, 0.4) is 0 Å². The molecule has 0 aliphatic carbocycles. The monoisotopic (exact) mass is 241 g/mol. The quantitative estimate of drug-likeness (QED) is 0.821. The van der Waals surface area contributed by atoms with Gasteiger partial charge < -0.3 is 5.73 Å². The normalized spacial score (nSPS) is 11.7. The summed E-state index contributed by atoms with van der Waals surface area (Å²) in [7, 11) is 0. The highest BCUT2D eigenvalue weighted by atomic mass is 19.4. The predicted octanol–water partition coefficient (Wildman–Crippen LogP) is 2.53. The summed E-state index contributed by atoms with van der Waals surface area (Å²) in [6, 6.07) is 6.90. The van der Waals surface area contributed by atoms with E-state index >= 15 is 0 Å². The van der Waals surface area contributed by atoms with Crippen molar-refractivity contribution in [3.8, 4) is 0 Å². The van der Waals surface area contributed by atoms with Crippen molar-refractivity contribution in [2.24, 2.45) is 0 Å². The fraction of sp³-hybridized carbons (Fsp3) is 0.182. The molecule has 1 aromatic carbocycles. The van der Waals surface area contributed by atoms with Crippen LogP contribution >= 0.6 is 0 Å². The molecule has 0 radical (unpaired) electrons. The summed E-state index contributed by atoms with van der Waals surface area (Å²) in [5.74, 6) is 0. The van der Waals surface area contributed by atoms with Crippen molar-refractivity contribution in [2.45, 2.75) is 12.7 Å². The van der Waals surface area contributed by atoms with Crippen LogP contribution in [-0.2, 0) is 12.7 Å². The van der Waals surface area contributed by atoms with E-state index in [0.717, 1.165) is 18.0 Å². The molecule has 2 N–H and O–H groups in total. The van der Waals surface area contributed by atoms with Gasteiger partial charge in [0.15, 0.2) is 0 Å². The van der Waals surface area contributed by atoms with E-state index in [1.54, 1.807) is 24.3 Å². The Morgan fingerprint density at radius 1 is 1.18 bits per heavy atom. The van der Waals surface area contributed by atoms with Crippen LogP contribution in [0.2, 0.25) is 0 Å². The molecule has 2 rings (SSSR count). The van der Waals surface area contributed by atoms with E-state index in [-0.39, 0.29) is 6.54 Å². The van der Waals surface area contributed by atoms with E-state index in [1.165, 1.54) is 4.68 Å². The number of hydrogen-bond acceptors (Lipinski definition) is 2. The smallest absolute Gasteiger partial charge is 0.399 e. The average Bonchev–Trinajstić information content (AvgIpc) is 2.69. The van der Waals surface area contributed by atoms with Gasteiger partial charge in [-0.2, -0.15) is 18.3 Å². The first-order valence-corrected chi connectivity index (χ1v) is 4.89. The van der Waals surface area contributed by atoms with Crippen LogP contribution in [-0.4, -0.2) is 9.78 Å². The Balaban J connectivity index is 2.14. The van der Waals surface area contributed by atoms with E-state index in [9.17, 15) is 13.2 Å². The van der Waals surface area contributed by atoms with Crippen LogP contribution in [0, 0.1) is 0 Å². The molecule has 0 fully saturated rings. The van der Waals surface area contributed by atoms with E-state index in [1.807, 2.05) is 0 Å². The summed E-state index contributed by atoms with van der Waals surface area (Å²) in [5.41, 5.74) is 6.23. The van der Waals surface area contributed by atoms with Gasteiger partial charge >= 0.3 is 6.18 Å². The molecule has 0 saturated heterocycles. The largest absolute Gasteiger partial charge is 0.419 e. The van der Waals surface area contributed by atoms with Crippen LogP contribution in [0.25, 0.3) is 0 Å². The third-order valence-corrected chi connectivity index (χ3v) is 2.28. The van der Waals surface area contributed by atoms with Gasteiger partial charge in [0.2, 0.25) is 0 Å². The maximum Gasteiger partial charge on any atom is 0.419 e. The zero-order chi connectivity index (χ0) is 12.5. The molecule has 0 amide bonds. The molecule has 0 spiro atoms. The minimum Gasteiger partial charge on any atom is -0.399 e. The summed E-state index contributed by atoms with van der Waals surface area (Å²) >= 11 is 0. The summed E-state index contributed by atoms with van der Waals surface area (Å²) < 4.78 is 38.2. The molecule has 90 valence electrons. The SMILES string of the molecule is Nc1ccc(Cn2cc(C(F)(F)F)cn2)cc1. The Labute approximate surface area is 95.7 Å². The molecule has 1 aromatic heterocycles. The summed E-state index contributed by atoms with van der Waals surface area (Å²) in [6.07, 6.45) is -2.55. The highest BCUT2D eigenvalue weighted by Crippen LogP contribution is 2.28. The second-order valence-corrected chi connectivity index (χ2v) is 3.67. The predicted molar refractivity (Wildman–Crippen MR) is 57.2 cm³/mol. The number of nitrogen functional groups attached to an aromatic ring is 1. The van der Waals surface area contributed by atoms with Crippen LogP contribution in [0.15, 0.2) is 36.7 Å². The third kappa shape index (κ3) is 2.77. The number of rotatable bonds is 2. The molecule has 6 heteroatoms. The molecule has 0 bridgehead atoms. The standard InChI is InChI=1S/C11H10F3N3/c12-11(13,14)9-5-16-17(7-9)6-8-1-3-10(15)4-2-8/h1-5,7H,6,15H2. The summed E-state index contributed by atoms with van der Waals surface area (Å²) in [4.78, 5) is 0. The molecule has 1 heterocycles. The first-order valence-electron chi connectivity index (χ1n) is 4.89. The van der Waals surface area contributed by atoms with Crippen molar-refractivity contribution < 1.29 is 13.2 Å².